The zero-order chi connectivity index (χ0) is 61.3. The van der Waals surface area contributed by atoms with Crippen LogP contribution in [0.15, 0.2) is 89.1 Å². The predicted octanol–water partition coefficient (Wildman–Crippen LogP) is 6.55. The van der Waals surface area contributed by atoms with E-state index in [1.807, 2.05) is 42.5 Å². The smallest absolute Gasteiger partial charge is 0.490 e. The molecule has 3 aromatic carbocycles. The predicted molar refractivity (Wildman–Crippen MR) is 306 cm³/mol. The molecule has 25 nitrogen and oxygen atoms in total. The van der Waals surface area contributed by atoms with Crippen LogP contribution >= 0.6 is 11.6 Å². The number of nitrogens with one attached hydrogen (secondary N) is 5. The topological polar surface area (TPSA) is 295 Å². The van der Waals surface area contributed by atoms with Gasteiger partial charge >= 0.3 is 30.7 Å². The Morgan fingerprint density at radius 1 is 0.576 bits per heavy atom. The monoisotopic (exact) mass is 1230 g/mol. The minimum Gasteiger partial charge on any atom is -0.490 e. The summed E-state index contributed by atoms with van der Waals surface area (Å²) in [5, 5.41) is 31.2. The molecule has 0 aliphatic rings. The van der Waals surface area contributed by atoms with Gasteiger partial charge in [-0.2, -0.15) is 0 Å². The van der Waals surface area contributed by atoms with E-state index in [1.165, 1.54) is 41.3 Å². The highest BCUT2D eigenvalue weighted by molar-refractivity contribution is 6.17. The Balaban J connectivity index is 1.12. The van der Waals surface area contributed by atoms with E-state index in [2.05, 4.69) is 36.8 Å². The van der Waals surface area contributed by atoms with Crippen molar-refractivity contribution in [3.8, 4) is 5.75 Å². The molecule has 85 heavy (non-hydrogen) atoms. The zero-order valence-corrected chi connectivity index (χ0v) is 48.6. The van der Waals surface area contributed by atoms with Crippen molar-refractivity contribution in [2.75, 3.05) is 164 Å². The molecule has 5 amide bonds. The second-order valence-corrected chi connectivity index (χ2v) is 18.3. The second kappa shape index (κ2) is 47.6. The fourth-order valence-electron chi connectivity index (χ4n) is 7.04. The van der Waals surface area contributed by atoms with Gasteiger partial charge in [-0.25, -0.2) is 19.2 Å². The van der Waals surface area contributed by atoms with Crippen molar-refractivity contribution in [3.05, 3.63) is 84.4 Å². The summed E-state index contributed by atoms with van der Waals surface area (Å²) < 4.78 is 96.1. The van der Waals surface area contributed by atoms with E-state index < -0.39 is 36.8 Å². The Bertz CT molecular complexity index is 2340. The van der Waals surface area contributed by atoms with Gasteiger partial charge in [0, 0.05) is 76.7 Å². The number of benzene rings is 3. The molecule has 0 aromatic heterocycles. The number of carbonyl (C=O) groups is 5. The number of carbonyl (C=O) groups excluding carboxylic acids is 5. The van der Waals surface area contributed by atoms with Crippen LogP contribution in [-0.2, 0) is 58.7 Å². The van der Waals surface area contributed by atoms with Crippen molar-refractivity contribution >= 4 is 58.3 Å². The van der Waals surface area contributed by atoms with Crippen LogP contribution in [0, 0.1) is 0 Å². The molecule has 0 saturated heterocycles. The number of ether oxygens (including phenoxy) is 11. The normalized spacial score (nSPS) is 11.8. The fraction of sp³-hybridized carbons (Fsp3) is 0.589. The van der Waals surface area contributed by atoms with Gasteiger partial charge in [-0.1, -0.05) is 66.5 Å². The molecule has 3 rings (SSSR count). The molecule has 0 aliphatic carbocycles. The van der Waals surface area contributed by atoms with Crippen molar-refractivity contribution in [3.63, 3.8) is 0 Å². The van der Waals surface area contributed by atoms with Gasteiger partial charge < -0.3 is 88.7 Å². The van der Waals surface area contributed by atoms with Crippen molar-refractivity contribution in [2.24, 2.45) is 10.2 Å². The van der Waals surface area contributed by atoms with Crippen LogP contribution < -0.4 is 31.3 Å². The van der Waals surface area contributed by atoms with Crippen molar-refractivity contribution in [1.29, 1.82) is 0 Å². The molecule has 0 aliphatic heterocycles. The molecule has 0 saturated carbocycles. The highest BCUT2D eigenvalue weighted by Crippen LogP contribution is 2.25. The van der Waals surface area contributed by atoms with Gasteiger partial charge in [0.2, 0.25) is 5.91 Å². The Hall–Kier alpha value is -6.63. The number of alkyl carbamates (subject to hydrolysis) is 4. The van der Waals surface area contributed by atoms with Gasteiger partial charge in [-0.15, -0.1) is 29.9 Å². The maximum absolute atomic E-state index is 13.4. The van der Waals surface area contributed by atoms with Crippen LogP contribution in [0.4, 0.5) is 38.0 Å². The van der Waals surface area contributed by atoms with Gasteiger partial charge in [-0.05, 0) is 54.1 Å². The molecule has 0 radical (unpaired) electrons. The number of rotatable bonds is 48. The Kier molecular flexibility index (Phi) is 40.7. The summed E-state index contributed by atoms with van der Waals surface area (Å²) in [5.41, 5.74) is 0.561. The highest BCUT2D eigenvalue weighted by atomic mass is 35.5. The quantitative estimate of drug-likeness (QED) is 0.00872. The molecule has 476 valence electrons. The van der Waals surface area contributed by atoms with Crippen LogP contribution in [0.25, 0.3) is 10.8 Å². The van der Waals surface area contributed by atoms with E-state index in [-0.39, 0.29) is 150 Å². The summed E-state index contributed by atoms with van der Waals surface area (Å²) in [4.78, 5) is 62.7. The molecule has 1 atom stereocenters. The first-order valence-electron chi connectivity index (χ1n) is 28.0. The molecule has 3 aromatic rings. The molecular weight excluding hydrogens is 1150 g/mol. The SMILES string of the molecule is O=C(NCCOCCOCCOC(=O)NCCOCCOCCCCCCCl)OC/C=C/COC(=O)NCCOCCOCCOC(=O)NCCN(Cc1ccc(N=NC(F)(F)F)cc1)C(=O)CCNCC(O)COc1cccc2ccccc12. The van der Waals surface area contributed by atoms with E-state index in [4.69, 9.17) is 63.7 Å². The number of aliphatic hydroxyl groups is 1. The lowest BCUT2D eigenvalue weighted by atomic mass is 10.1. The van der Waals surface area contributed by atoms with E-state index in [1.54, 1.807) is 0 Å². The van der Waals surface area contributed by atoms with Crippen molar-refractivity contribution in [2.45, 2.75) is 51.1 Å². The first-order chi connectivity index (χ1) is 41.3. The van der Waals surface area contributed by atoms with E-state index >= 15 is 0 Å². The first-order valence-corrected chi connectivity index (χ1v) is 28.5. The number of fused-ring (bicyclic) bond motifs is 1. The summed E-state index contributed by atoms with van der Waals surface area (Å²) in [6.07, 6.45) is -1.07. The number of hydrogen-bond donors (Lipinski definition) is 6. The number of nitrogens with zero attached hydrogens (tertiary/aromatic N) is 3. The number of halogens is 4. The minimum atomic E-state index is -4.82. The van der Waals surface area contributed by atoms with E-state index in [0.717, 1.165) is 36.5 Å². The number of azo groups is 1. The standard InChI is InChI=1S/C56H82ClF3N8O17/c57-19-5-1-2-6-26-75-32-33-76-31-24-65-55(74)84-41-39-80-37-35-78-30-23-64-54(73)82-28-8-7-27-81-53(72)63-22-29-77-34-36-79-38-40-83-52(71)62-21-25-68(43-45-14-16-47(17-15-45)66-67-56(58,59)60)51(70)18-20-61-42-48(69)44-85-50-13-9-11-46-10-3-4-12-49(46)50/h3-4,7-17,48,61,69H,1-2,5-6,18-44H2,(H,62,71)(H,63,72)(H,64,73)(H,65,74)/b8-7+,67-66?. The average Bonchev–Trinajstić information content (AvgIpc) is 3.64. The molecule has 6 N–H and O–H groups in total. The Morgan fingerprint density at radius 3 is 1.66 bits per heavy atom. The van der Waals surface area contributed by atoms with Gasteiger partial charge in [0.05, 0.1) is 78.4 Å². The minimum absolute atomic E-state index is 0.0118. The molecule has 0 bridgehead atoms. The molecule has 1 unspecified atom stereocenters. The van der Waals surface area contributed by atoms with E-state index in [0.29, 0.717) is 50.2 Å². The van der Waals surface area contributed by atoms with Gasteiger partial charge in [-0.3, -0.25) is 4.79 Å². The fourth-order valence-corrected chi connectivity index (χ4v) is 7.23. The maximum atomic E-state index is 13.4. The first kappa shape index (κ1) is 72.6. The number of aliphatic hydroxyl groups excluding tert-OH is 1. The van der Waals surface area contributed by atoms with Gasteiger partial charge in [0.1, 0.15) is 44.9 Å². The summed E-state index contributed by atoms with van der Waals surface area (Å²) in [6.45, 7) is 4.59. The number of hydrogen-bond acceptors (Lipinski definition) is 20. The molecular formula is C56H82ClF3N8O17. The Labute approximate surface area is 498 Å². The van der Waals surface area contributed by atoms with Gasteiger partial charge in [0.15, 0.2) is 0 Å². The number of unbranched alkanes of at least 4 members (excludes halogenated alkanes) is 3. The number of alkyl halides is 4. The molecule has 0 heterocycles. The number of amides is 5. The summed E-state index contributed by atoms with van der Waals surface area (Å²) in [6, 6.07) is 19.1. The van der Waals surface area contributed by atoms with Crippen LogP contribution in [0.5, 0.6) is 5.75 Å². The van der Waals surface area contributed by atoms with Gasteiger partial charge in [0.25, 0.3) is 0 Å². The highest BCUT2D eigenvalue weighted by Gasteiger charge is 2.26. The van der Waals surface area contributed by atoms with Crippen LogP contribution in [-0.4, -0.2) is 217 Å². The maximum Gasteiger partial charge on any atom is 0.521 e. The second-order valence-electron chi connectivity index (χ2n) is 18.0. The average molecular weight is 1230 g/mol. The van der Waals surface area contributed by atoms with E-state index in [9.17, 15) is 42.3 Å². The summed E-state index contributed by atoms with van der Waals surface area (Å²) >= 11 is 5.65. The molecule has 0 spiro atoms. The third kappa shape index (κ3) is 39.6. The summed E-state index contributed by atoms with van der Waals surface area (Å²) in [7, 11) is 0. The van der Waals surface area contributed by atoms with Crippen molar-refractivity contribution in [1.82, 2.24) is 31.5 Å². The molecule has 29 heteroatoms. The third-order valence-corrected chi connectivity index (χ3v) is 11.5. The molecule has 0 fully saturated rings. The summed E-state index contributed by atoms with van der Waals surface area (Å²) in [5.74, 6) is 1.03. The van der Waals surface area contributed by atoms with Crippen LogP contribution in [0.2, 0.25) is 0 Å². The third-order valence-electron chi connectivity index (χ3n) is 11.2. The Morgan fingerprint density at radius 2 is 1.08 bits per heavy atom. The lowest BCUT2D eigenvalue weighted by Crippen LogP contribution is -2.40. The van der Waals surface area contributed by atoms with Crippen LogP contribution in [0.3, 0.4) is 0 Å². The largest absolute Gasteiger partial charge is 0.521 e. The van der Waals surface area contributed by atoms with Crippen LogP contribution in [0.1, 0.15) is 37.7 Å². The lowest BCUT2D eigenvalue weighted by molar-refractivity contribution is -0.131. The lowest BCUT2D eigenvalue weighted by Gasteiger charge is -2.23. The van der Waals surface area contributed by atoms with Crippen molar-refractivity contribution < 1.29 is 94.4 Å². The zero-order valence-electron chi connectivity index (χ0n) is 47.8.